The van der Waals surface area contributed by atoms with Crippen LogP contribution in [0.5, 0.6) is 5.75 Å². The molecule has 1 fully saturated rings. The lowest BCUT2D eigenvalue weighted by Crippen LogP contribution is -2.48. The van der Waals surface area contributed by atoms with E-state index in [1.165, 1.54) is 4.31 Å². The molecule has 0 spiro atoms. The first kappa shape index (κ1) is 24.2. The molecule has 11 heteroatoms. The number of aromatic nitrogens is 2. The van der Waals surface area contributed by atoms with Crippen LogP contribution in [-0.2, 0) is 17.1 Å². The van der Waals surface area contributed by atoms with Gasteiger partial charge in [-0.1, -0.05) is 19.6 Å². The van der Waals surface area contributed by atoms with Crippen molar-refractivity contribution >= 4 is 21.6 Å². The molecule has 1 aromatic carbocycles. The molecule has 1 saturated heterocycles. The molecule has 1 unspecified atom stereocenters. The number of rotatable bonds is 8. The van der Waals surface area contributed by atoms with Gasteiger partial charge in [-0.15, -0.1) is 0 Å². The van der Waals surface area contributed by atoms with E-state index in [0.717, 1.165) is 6.42 Å². The highest BCUT2D eigenvalue weighted by Crippen LogP contribution is 2.38. The number of carbonyl (C=O) groups is 1. The second kappa shape index (κ2) is 9.77. The summed E-state index contributed by atoms with van der Waals surface area (Å²) in [5, 5.41) is 7.31. The first-order valence-electron chi connectivity index (χ1n) is 11.4. The minimum Gasteiger partial charge on any atom is -0.489 e. The minimum atomic E-state index is -3.70. The number of aryl methyl sites for hydroxylation is 1. The Morgan fingerprint density at radius 3 is 2.65 bits per heavy atom. The van der Waals surface area contributed by atoms with Gasteiger partial charge in [0.25, 0.3) is 5.91 Å². The fraction of sp³-hybridized carbons (Fsp3) is 0.478. The minimum absolute atomic E-state index is 0.181. The Hall–Kier alpha value is -2.89. The zero-order valence-corrected chi connectivity index (χ0v) is 20.7. The zero-order valence-electron chi connectivity index (χ0n) is 19.9. The van der Waals surface area contributed by atoms with Crippen LogP contribution in [0.2, 0.25) is 0 Å². The van der Waals surface area contributed by atoms with Crippen molar-refractivity contribution in [2.45, 2.75) is 24.4 Å². The van der Waals surface area contributed by atoms with Crippen LogP contribution in [0, 0.1) is 0 Å². The molecule has 34 heavy (non-hydrogen) atoms. The van der Waals surface area contributed by atoms with Crippen molar-refractivity contribution in [2.24, 2.45) is 7.05 Å². The molecule has 184 valence electrons. The predicted octanol–water partition coefficient (Wildman–Crippen LogP) is 1.58. The van der Waals surface area contributed by atoms with Gasteiger partial charge in [0, 0.05) is 45.3 Å². The first-order valence-corrected chi connectivity index (χ1v) is 12.9. The Morgan fingerprint density at radius 1 is 1.24 bits per heavy atom. The van der Waals surface area contributed by atoms with Crippen molar-refractivity contribution in [2.75, 3.05) is 51.3 Å². The number of likely N-dealkylation sites (N-methyl/N-ethyl adjacent to an activating group) is 1. The fourth-order valence-electron chi connectivity index (χ4n) is 4.40. The van der Waals surface area contributed by atoms with Crippen LogP contribution in [0.4, 0.5) is 5.69 Å². The van der Waals surface area contributed by atoms with Gasteiger partial charge in [0.05, 0.1) is 16.8 Å². The van der Waals surface area contributed by atoms with Gasteiger partial charge in [-0.3, -0.25) is 9.48 Å². The Balaban J connectivity index is 1.78. The van der Waals surface area contributed by atoms with E-state index in [1.54, 1.807) is 42.2 Å². The van der Waals surface area contributed by atoms with Gasteiger partial charge >= 0.3 is 0 Å². The van der Waals surface area contributed by atoms with Gasteiger partial charge in [0.1, 0.15) is 24.2 Å². The monoisotopic (exact) mass is 488 g/mol. The van der Waals surface area contributed by atoms with Crippen molar-refractivity contribution in [3.8, 4) is 5.75 Å². The van der Waals surface area contributed by atoms with Crippen LogP contribution in [0.25, 0.3) is 0 Å². The molecule has 0 radical (unpaired) electrons. The molecule has 1 N–H and O–H groups in total. The number of fused-ring (bicyclic) bond motifs is 1. The van der Waals surface area contributed by atoms with Gasteiger partial charge in [0.15, 0.2) is 0 Å². The quantitative estimate of drug-likeness (QED) is 0.563. The van der Waals surface area contributed by atoms with Crippen molar-refractivity contribution in [1.82, 2.24) is 24.3 Å². The number of piperazine rings is 1. The molecule has 2 aliphatic rings. The Labute approximate surface area is 200 Å². The maximum atomic E-state index is 13.5. The second-order valence-electron chi connectivity index (χ2n) is 8.58. The van der Waals surface area contributed by atoms with Crippen molar-refractivity contribution in [3.05, 3.63) is 48.3 Å². The van der Waals surface area contributed by atoms with Crippen molar-refractivity contribution < 1.29 is 17.9 Å². The summed E-state index contributed by atoms with van der Waals surface area (Å²) in [6.45, 7) is 8.88. The van der Waals surface area contributed by atoms with E-state index in [1.807, 2.05) is 18.9 Å². The highest BCUT2D eigenvalue weighted by atomic mass is 32.2. The Morgan fingerprint density at radius 2 is 1.97 bits per heavy atom. The molecule has 10 nitrogen and oxygen atoms in total. The number of amides is 1. The van der Waals surface area contributed by atoms with Crippen molar-refractivity contribution in [3.63, 3.8) is 0 Å². The third-order valence-electron chi connectivity index (χ3n) is 6.22. The van der Waals surface area contributed by atoms with Crippen LogP contribution in [0.15, 0.2) is 41.9 Å². The van der Waals surface area contributed by atoms with Crippen molar-refractivity contribution in [1.29, 1.82) is 0 Å². The molecule has 0 bridgehead atoms. The largest absolute Gasteiger partial charge is 0.489 e. The maximum Gasteiger partial charge on any atom is 0.273 e. The summed E-state index contributed by atoms with van der Waals surface area (Å²) >= 11 is 0. The lowest BCUT2D eigenvalue weighted by molar-refractivity contribution is 0.0916. The standard InChI is InChI=1S/C23H32N6O4S/c1-5-9-29-19-16-24-27(4)21(19)23(30)25-22(29)18-15-17(7-8-20(18)33-14-6-2)34(31,32)28-12-10-26(3)11-13-28/h6-8,15-16,22H,2,5,9-14H2,1,3-4H3,(H,25,30). The molecule has 4 rings (SSSR count). The molecule has 1 aromatic heterocycles. The zero-order chi connectivity index (χ0) is 24.5. The lowest BCUT2D eigenvalue weighted by atomic mass is 10.1. The van der Waals surface area contributed by atoms with Gasteiger partial charge in [-0.25, -0.2) is 8.42 Å². The molecular weight excluding hydrogens is 456 g/mol. The first-order chi connectivity index (χ1) is 16.3. The van der Waals surface area contributed by atoms with E-state index in [9.17, 15) is 13.2 Å². The fourth-order valence-corrected chi connectivity index (χ4v) is 5.86. The Bertz CT molecular complexity index is 1170. The number of sulfonamides is 1. The third kappa shape index (κ3) is 4.42. The van der Waals surface area contributed by atoms with E-state index in [-0.39, 0.29) is 17.4 Å². The average Bonchev–Trinajstić information content (AvgIpc) is 3.22. The molecule has 0 saturated carbocycles. The van der Waals surface area contributed by atoms with E-state index >= 15 is 0 Å². The SMILES string of the molecule is C=CCOc1ccc(S(=O)(=O)N2CCN(C)CC2)cc1C1NC(=O)c2c(cnn2C)N1CCC. The summed E-state index contributed by atoms with van der Waals surface area (Å²) in [6, 6.07) is 4.86. The highest BCUT2D eigenvalue weighted by Gasteiger charge is 2.37. The topological polar surface area (TPSA) is 100 Å². The molecule has 2 aliphatic heterocycles. The van der Waals surface area contributed by atoms with Gasteiger partial charge in [-0.05, 0) is 31.7 Å². The van der Waals surface area contributed by atoms with Crippen LogP contribution >= 0.6 is 0 Å². The predicted molar refractivity (Wildman–Crippen MR) is 129 cm³/mol. The molecular formula is C23H32N6O4S. The molecule has 3 heterocycles. The van der Waals surface area contributed by atoms with Gasteiger partial charge in [0.2, 0.25) is 10.0 Å². The highest BCUT2D eigenvalue weighted by molar-refractivity contribution is 7.89. The average molecular weight is 489 g/mol. The number of hydrogen-bond donors (Lipinski definition) is 1. The smallest absolute Gasteiger partial charge is 0.273 e. The number of nitrogens with one attached hydrogen (secondary N) is 1. The Kier molecular flexibility index (Phi) is 6.96. The van der Waals surface area contributed by atoms with E-state index < -0.39 is 16.2 Å². The summed E-state index contributed by atoms with van der Waals surface area (Å²) in [4.78, 5) is 17.3. The number of benzene rings is 1. The summed E-state index contributed by atoms with van der Waals surface area (Å²) in [6.07, 6.45) is 3.52. The van der Waals surface area contributed by atoms with Gasteiger partial charge < -0.3 is 19.9 Å². The van der Waals surface area contributed by atoms with Crippen LogP contribution < -0.4 is 15.0 Å². The molecule has 2 aromatic rings. The normalized spacial score (nSPS) is 19.6. The third-order valence-corrected chi connectivity index (χ3v) is 8.12. The number of nitrogens with zero attached hydrogens (tertiary/aromatic N) is 5. The van der Waals surface area contributed by atoms with Crippen LogP contribution in [0.3, 0.4) is 0 Å². The van der Waals surface area contributed by atoms with E-state index in [4.69, 9.17) is 4.74 Å². The number of carbonyl (C=O) groups excluding carboxylic acids is 1. The van der Waals surface area contributed by atoms with E-state index in [2.05, 4.69) is 21.9 Å². The summed E-state index contributed by atoms with van der Waals surface area (Å²) in [7, 11) is 0.00733. The van der Waals surface area contributed by atoms with Crippen LogP contribution in [0.1, 0.15) is 35.6 Å². The summed E-state index contributed by atoms with van der Waals surface area (Å²) in [5.74, 6) is 0.227. The number of hydrogen-bond acceptors (Lipinski definition) is 7. The molecule has 1 amide bonds. The molecule has 0 aliphatic carbocycles. The lowest BCUT2D eigenvalue weighted by Gasteiger charge is -2.38. The molecule has 1 atom stereocenters. The second-order valence-corrected chi connectivity index (χ2v) is 10.5. The van der Waals surface area contributed by atoms with E-state index in [0.29, 0.717) is 55.4 Å². The summed E-state index contributed by atoms with van der Waals surface area (Å²) < 4.78 is 35.9. The van der Waals surface area contributed by atoms with Crippen LogP contribution in [-0.4, -0.2) is 79.7 Å². The maximum absolute atomic E-state index is 13.5. The number of anilines is 1. The van der Waals surface area contributed by atoms with Gasteiger partial charge in [-0.2, -0.15) is 9.40 Å². The summed E-state index contributed by atoms with van der Waals surface area (Å²) in [5.41, 5.74) is 1.76. The number of ether oxygens (including phenoxy) is 1.